The third-order valence-corrected chi connectivity index (χ3v) is 5.90. The van der Waals surface area contributed by atoms with Crippen molar-refractivity contribution in [3.63, 3.8) is 0 Å². The fourth-order valence-corrected chi connectivity index (χ4v) is 3.86. The summed E-state index contributed by atoms with van der Waals surface area (Å²) < 4.78 is 1.66. The molecule has 0 saturated carbocycles. The first kappa shape index (κ1) is 20.8. The highest BCUT2D eigenvalue weighted by Gasteiger charge is 2.34. The minimum atomic E-state index is -0.426. The van der Waals surface area contributed by atoms with Crippen molar-refractivity contribution >= 4 is 17.5 Å². The largest absolute Gasteiger partial charge is 0.326 e. The number of benzene rings is 2. The van der Waals surface area contributed by atoms with Crippen molar-refractivity contribution in [3.05, 3.63) is 76.0 Å². The number of anilines is 2. The number of tetrazole rings is 1. The second-order valence-corrected chi connectivity index (χ2v) is 9.09. The molecule has 0 radical (unpaired) electrons. The SMILES string of the molecule is CC1=C(C(=O)Nc2cccc(C)c2C)C(c2ccc(C(C)(C)C)cc2)n2nnnc2N1. The Kier molecular flexibility index (Phi) is 5.13. The molecule has 1 aromatic heterocycles. The summed E-state index contributed by atoms with van der Waals surface area (Å²) in [6.07, 6.45) is 0. The molecule has 1 amide bonds. The number of aryl methyl sites for hydroxylation is 1. The van der Waals surface area contributed by atoms with Gasteiger partial charge in [-0.25, -0.2) is 0 Å². The molecule has 1 atom stereocenters. The number of rotatable bonds is 3. The van der Waals surface area contributed by atoms with E-state index in [1.165, 1.54) is 5.56 Å². The highest BCUT2D eigenvalue weighted by atomic mass is 16.1. The Labute approximate surface area is 182 Å². The van der Waals surface area contributed by atoms with Crippen LogP contribution >= 0.6 is 0 Å². The predicted molar refractivity (Wildman–Crippen MR) is 122 cm³/mol. The van der Waals surface area contributed by atoms with Crippen molar-refractivity contribution in [2.45, 2.75) is 53.0 Å². The number of nitrogens with one attached hydrogen (secondary N) is 2. The highest BCUT2D eigenvalue weighted by Crippen LogP contribution is 2.36. The molecule has 1 aliphatic heterocycles. The molecule has 1 unspecified atom stereocenters. The molecule has 1 aliphatic rings. The van der Waals surface area contributed by atoms with E-state index in [0.29, 0.717) is 11.5 Å². The number of amides is 1. The molecule has 4 rings (SSSR count). The Bertz CT molecular complexity index is 1170. The summed E-state index contributed by atoms with van der Waals surface area (Å²) in [5.41, 5.74) is 6.52. The summed E-state index contributed by atoms with van der Waals surface area (Å²) in [5.74, 6) is 0.343. The molecule has 0 saturated heterocycles. The monoisotopic (exact) mass is 416 g/mol. The molecular weight excluding hydrogens is 388 g/mol. The summed E-state index contributed by atoms with van der Waals surface area (Å²) in [6.45, 7) is 12.5. The van der Waals surface area contributed by atoms with Crippen LogP contribution in [0.25, 0.3) is 0 Å². The van der Waals surface area contributed by atoms with Gasteiger partial charge in [0.25, 0.3) is 5.91 Å². The zero-order valence-corrected chi connectivity index (χ0v) is 18.8. The number of nitrogens with zero attached hydrogens (tertiary/aromatic N) is 4. The lowest BCUT2D eigenvalue weighted by molar-refractivity contribution is -0.113. The number of hydrogen-bond acceptors (Lipinski definition) is 5. The first-order valence-electron chi connectivity index (χ1n) is 10.4. The number of aromatic nitrogens is 4. The van der Waals surface area contributed by atoms with Gasteiger partial charge in [0.15, 0.2) is 0 Å². The van der Waals surface area contributed by atoms with Gasteiger partial charge in [-0.1, -0.05) is 62.3 Å². The van der Waals surface area contributed by atoms with Crippen molar-refractivity contribution in [1.29, 1.82) is 0 Å². The molecule has 160 valence electrons. The maximum atomic E-state index is 13.5. The second-order valence-electron chi connectivity index (χ2n) is 9.09. The van der Waals surface area contributed by atoms with Crippen molar-refractivity contribution in [2.75, 3.05) is 10.6 Å². The molecular formula is C24H28N6O. The van der Waals surface area contributed by atoms with Crippen LogP contribution in [-0.4, -0.2) is 26.1 Å². The van der Waals surface area contributed by atoms with Gasteiger partial charge in [-0.15, -0.1) is 0 Å². The van der Waals surface area contributed by atoms with E-state index in [0.717, 1.165) is 28.1 Å². The van der Waals surface area contributed by atoms with Crippen LogP contribution in [0.5, 0.6) is 0 Å². The van der Waals surface area contributed by atoms with E-state index >= 15 is 0 Å². The number of carbonyl (C=O) groups is 1. The maximum Gasteiger partial charge on any atom is 0.255 e. The fourth-order valence-electron chi connectivity index (χ4n) is 3.86. The van der Waals surface area contributed by atoms with Gasteiger partial charge < -0.3 is 10.6 Å². The van der Waals surface area contributed by atoms with Crippen molar-refractivity contribution in [3.8, 4) is 0 Å². The van der Waals surface area contributed by atoms with Crippen molar-refractivity contribution in [2.24, 2.45) is 0 Å². The minimum Gasteiger partial charge on any atom is -0.326 e. The van der Waals surface area contributed by atoms with Crippen LogP contribution in [-0.2, 0) is 10.2 Å². The van der Waals surface area contributed by atoms with Crippen LogP contribution in [0.3, 0.4) is 0 Å². The Hall–Kier alpha value is -3.48. The van der Waals surface area contributed by atoms with E-state index in [-0.39, 0.29) is 11.3 Å². The third-order valence-electron chi connectivity index (χ3n) is 5.90. The van der Waals surface area contributed by atoms with Gasteiger partial charge in [-0.2, -0.15) is 4.68 Å². The number of hydrogen-bond donors (Lipinski definition) is 2. The lowest BCUT2D eigenvalue weighted by Crippen LogP contribution is -2.31. The summed E-state index contributed by atoms with van der Waals surface area (Å²) >= 11 is 0. The fraction of sp³-hybridized carbons (Fsp3) is 0.333. The average molecular weight is 417 g/mol. The van der Waals surface area contributed by atoms with E-state index in [1.54, 1.807) is 4.68 Å². The first-order chi connectivity index (χ1) is 14.7. The topological polar surface area (TPSA) is 84.7 Å². The average Bonchev–Trinajstić information content (AvgIpc) is 3.17. The first-order valence-corrected chi connectivity index (χ1v) is 10.4. The Morgan fingerprint density at radius 1 is 1.06 bits per heavy atom. The van der Waals surface area contributed by atoms with Crippen LogP contribution in [0.2, 0.25) is 0 Å². The molecule has 2 heterocycles. The normalized spacial score (nSPS) is 16.0. The summed E-state index contributed by atoms with van der Waals surface area (Å²) in [6, 6.07) is 13.8. The minimum absolute atomic E-state index is 0.0429. The molecule has 2 aromatic carbocycles. The number of allylic oxidation sites excluding steroid dienone is 1. The zero-order chi connectivity index (χ0) is 22.3. The van der Waals surface area contributed by atoms with Gasteiger partial charge in [-0.05, 0) is 64.9 Å². The van der Waals surface area contributed by atoms with Gasteiger partial charge in [0.05, 0.1) is 5.57 Å². The van der Waals surface area contributed by atoms with Gasteiger partial charge in [-0.3, -0.25) is 4.79 Å². The summed E-state index contributed by atoms with van der Waals surface area (Å²) in [4.78, 5) is 13.5. The molecule has 0 fully saturated rings. The van der Waals surface area contributed by atoms with E-state index in [2.05, 4.69) is 71.2 Å². The van der Waals surface area contributed by atoms with Gasteiger partial charge in [0.1, 0.15) is 6.04 Å². The van der Waals surface area contributed by atoms with Crippen molar-refractivity contribution in [1.82, 2.24) is 20.2 Å². The van der Waals surface area contributed by atoms with Crippen LogP contribution in [0, 0.1) is 13.8 Å². The number of carbonyl (C=O) groups excluding carboxylic acids is 1. The highest BCUT2D eigenvalue weighted by molar-refractivity contribution is 6.06. The molecule has 0 aliphatic carbocycles. The number of fused-ring (bicyclic) bond motifs is 1. The van der Waals surface area contributed by atoms with Crippen molar-refractivity contribution < 1.29 is 4.79 Å². The van der Waals surface area contributed by atoms with E-state index in [4.69, 9.17) is 0 Å². The molecule has 2 N–H and O–H groups in total. The molecule has 0 spiro atoms. The quantitative estimate of drug-likeness (QED) is 0.656. The smallest absolute Gasteiger partial charge is 0.255 e. The molecule has 7 nitrogen and oxygen atoms in total. The van der Waals surface area contributed by atoms with E-state index < -0.39 is 6.04 Å². The molecule has 3 aromatic rings. The Morgan fingerprint density at radius 2 is 1.77 bits per heavy atom. The summed E-state index contributed by atoms with van der Waals surface area (Å²) in [7, 11) is 0. The molecule has 0 bridgehead atoms. The van der Waals surface area contributed by atoms with Crippen LogP contribution in [0.15, 0.2) is 53.7 Å². The Balaban J connectivity index is 1.76. The third kappa shape index (κ3) is 3.83. The van der Waals surface area contributed by atoms with Gasteiger partial charge in [0.2, 0.25) is 5.95 Å². The lowest BCUT2D eigenvalue weighted by atomic mass is 9.85. The molecule has 31 heavy (non-hydrogen) atoms. The van der Waals surface area contributed by atoms with E-state index in [9.17, 15) is 4.79 Å². The van der Waals surface area contributed by atoms with Crippen LogP contribution in [0.4, 0.5) is 11.6 Å². The van der Waals surface area contributed by atoms with Gasteiger partial charge >= 0.3 is 0 Å². The lowest BCUT2D eigenvalue weighted by Gasteiger charge is -2.29. The summed E-state index contributed by atoms with van der Waals surface area (Å²) in [5, 5.41) is 18.3. The second kappa shape index (κ2) is 7.65. The molecule has 7 heteroatoms. The van der Waals surface area contributed by atoms with Crippen LogP contribution in [0.1, 0.15) is 56.0 Å². The zero-order valence-electron chi connectivity index (χ0n) is 18.8. The standard InChI is InChI=1S/C24H28N6O/c1-14-8-7-9-19(15(14)2)26-22(31)20-16(3)25-23-27-28-29-30(23)21(20)17-10-12-18(13-11-17)24(4,5)6/h7-13,21H,1-6H3,(H,26,31)(H,25,27,29). The van der Waals surface area contributed by atoms with E-state index in [1.807, 2.05) is 39.0 Å². The maximum absolute atomic E-state index is 13.5. The van der Waals surface area contributed by atoms with Crippen LogP contribution < -0.4 is 10.6 Å². The Morgan fingerprint density at radius 3 is 2.45 bits per heavy atom. The predicted octanol–water partition coefficient (Wildman–Crippen LogP) is 4.52. The van der Waals surface area contributed by atoms with Gasteiger partial charge in [0, 0.05) is 11.4 Å².